The number of benzene rings is 7. The fourth-order valence-electron chi connectivity index (χ4n) is 8.09. The van der Waals surface area contributed by atoms with Gasteiger partial charge in [-0.25, -0.2) is 0 Å². The van der Waals surface area contributed by atoms with Crippen molar-refractivity contribution >= 4 is 102 Å². The van der Waals surface area contributed by atoms with Gasteiger partial charge in [0.1, 0.15) is 34.5 Å². The Balaban J connectivity index is 0.886. The van der Waals surface area contributed by atoms with Crippen molar-refractivity contribution in [1.29, 1.82) is 0 Å². The van der Waals surface area contributed by atoms with Crippen molar-refractivity contribution in [2.45, 2.75) is 55.4 Å². The van der Waals surface area contributed by atoms with Crippen LogP contribution < -0.4 is 32.7 Å². The average Bonchev–Trinajstić information content (AvgIpc) is 3.28. The SMILES string of the molecule is Cc1cc(O)c2c(N=Nc3ccc(Nc4nc(C)nc(Nc5ccccc5Nc5nc(C)nc(Nc6ccc(N=Nc7c(N)c(C)cc8cc(C)cc(O)c78)c(C)c6)n5)n4)cc3C)c(N)c(C)cc2c1. The summed E-state index contributed by atoms with van der Waals surface area (Å²) in [4.78, 5) is 27.5. The van der Waals surface area contributed by atoms with Gasteiger partial charge in [0.05, 0.1) is 44.9 Å². The molecule has 0 aliphatic carbocycles. The molecule has 0 fully saturated rings. The summed E-state index contributed by atoms with van der Waals surface area (Å²) in [5.74, 6) is 2.46. The molecule has 0 saturated carbocycles. The number of fused-ring (bicyclic) bond motifs is 2. The molecule has 0 spiro atoms. The predicted octanol–water partition coefficient (Wildman–Crippen LogP) is 13.2. The molecule has 7 aromatic carbocycles. The minimum atomic E-state index is 0.101. The molecule has 0 aliphatic rings. The van der Waals surface area contributed by atoms with Crippen molar-refractivity contribution in [3.05, 3.63) is 142 Å². The zero-order valence-electron chi connectivity index (χ0n) is 39.8. The van der Waals surface area contributed by atoms with E-state index in [9.17, 15) is 10.2 Å². The van der Waals surface area contributed by atoms with E-state index in [4.69, 9.17) is 11.5 Å². The van der Waals surface area contributed by atoms with Crippen LogP contribution in [-0.4, -0.2) is 40.1 Å². The Morgan fingerprint density at radius 3 is 1.19 bits per heavy atom. The molecule has 10 N–H and O–H groups in total. The summed E-state index contributed by atoms with van der Waals surface area (Å²) in [6.07, 6.45) is 0. The zero-order valence-corrected chi connectivity index (χ0v) is 39.8. The van der Waals surface area contributed by atoms with E-state index in [1.54, 1.807) is 26.0 Å². The number of phenolic OH excluding ortho intramolecular Hbond substituents is 2. The van der Waals surface area contributed by atoms with E-state index >= 15 is 0 Å². The smallest absolute Gasteiger partial charge is 0.232 e. The molecule has 9 aromatic rings. The molecule has 0 atom stereocenters. The van der Waals surface area contributed by atoms with Crippen LogP contribution in [0.2, 0.25) is 0 Å². The fourth-order valence-corrected chi connectivity index (χ4v) is 8.09. The van der Waals surface area contributed by atoms with E-state index in [1.165, 1.54) is 0 Å². The zero-order chi connectivity index (χ0) is 49.4. The van der Waals surface area contributed by atoms with Crippen LogP contribution in [-0.2, 0) is 0 Å². The minimum Gasteiger partial charge on any atom is -0.507 e. The van der Waals surface area contributed by atoms with E-state index in [0.717, 1.165) is 55.5 Å². The third kappa shape index (κ3) is 9.73. The Bertz CT molecular complexity index is 3380. The first-order valence-electron chi connectivity index (χ1n) is 22.3. The summed E-state index contributed by atoms with van der Waals surface area (Å²) in [6.45, 7) is 15.1. The van der Waals surface area contributed by atoms with Gasteiger partial charge in [0.15, 0.2) is 0 Å². The Hall–Kier alpha value is -9.32. The molecule has 350 valence electrons. The predicted molar refractivity (Wildman–Crippen MR) is 278 cm³/mol. The molecule has 18 nitrogen and oxygen atoms in total. The number of azo groups is 2. The average molecular weight is 931 g/mol. The van der Waals surface area contributed by atoms with Crippen molar-refractivity contribution < 1.29 is 10.2 Å². The molecule has 0 unspecified atom stereocenters. The molecule has 0 bridgehead atoms. The Kier molecular flexibility index (Phi) is 12.3. The summed E-state index contributed by atoms with van der Waals surface area (Å²) in [7, 11) is 0. The first kappa shape index (κ1) is 45.8. The Labute approximate surface area is 403 Å². The Morgan fingerprint density at radius 1 is 0.414 bits per heavy atom. The lowest BCUT2D eigenvalue weighted by molar-refractivity contribution is 0.481. The van der Waals surface area contributed by atoms with Gasteiger partial charge >= 0.3 is 0 Å². The molecule has 0 aliphatic heterocycles. The number of para-hydroxylation sites is 2. The number of hydrogen-bond acceptors (Lipinski definition) is 18. The second-order valence-electron chi connectivity index (χ2n) is 17.2. The van der Waals surface area contributed by atoms with Gasteiger partial charge in [-0.2, -0.15) is 40.1 Å². The van der Waals surface area contributed by atoms with Crippen LogP contribution in [0.1, 0.15) is 45.0 Å². The normalized spacial score (nSPS) is 11.5. The first-order valence-corrected chi connectivity index (χ1v) is 22.3. The summed E-state index contributed by atoms with van der Waals surface area (Å²) < 4.78 is 0. The van der Waals surface area contributed by atoms with E-state index in [2.05, 4.69) is 71.6 Å². The highest BCUT2D eigenvalue weighted by atomic mass is 16.3. The maximum absolute atomic E-state index is 10.8. The molecule has 9 rings (SSSR count). The molecule has 0 amide bonds. The van der Waals surface area contributed by atoms with E-state index in [1.807, 2.05) is 126 Å². The van der Waals surface area contributed by atoms with Gasteiger partial charge in [-0.05, 0) is 172 Å². The number of aryl methyl sites for hydroxylation is 8. The van der Waals surface area contributed by atoms with E-state index in [0.29, 0.717) is 91.7 Å². The Morgan fingerprint density at radius 2 is 0.800 bits per heavy atom. The highest BCUT2D eigenvalue weighted by Gasteiger charge is 2.17. The lowest BCUT2D eigenvalue weighted by atomic mass is 10.0. The van der Waals surface area contributed by atoms with Crippen LogP contribution in [0.5, 0.6) is 11.5 Å². The highest BCUT2D eigenvalue weighted by Crippen LogP contribution is 2.43. The molecule has 2 heterocycles. The maximum Gasteiger partial charge on any atom is 0.232 e. The summed E-state index contributed by atoms with van der Waals surface area (Å²) >= 11 is 0. The summed E-state index contributed by atoms with van der Waals surface area (Å²) in [5, 5.41) is 55.7. The third-order valence-corrected chi connectivity index (χ3v) is 11.5. The second-order valence-corrected chi connectivity index (χ2v) is 17.2. The van der Waals surface area contributed by atoms with Crippen molar-refractivity contribution in [2.75, 3.05) is 32.7 Å². The summed E-state index contributed by atoms with van der Waals surface area (Å²) in [6, 6.07) is 30.0. The number of nitrogen functional groups attached to an aromatic ring is 2. The minimum absolute atomic E-state index is 0.101. The van der Waals surface area contributed by atoms with E-state index < -0.39 is 0 Å². The monoisotopic (exact) mass is 930 g/mol. The number of hydrogen-bond donors (Lipinski definition) is 8. The van der Waals surface area contributed by atoms with Crippen LogP contribution in [0.3, 0.4) is 0 Å². The van der Waals surface area contributed by atoms with Crippen LogP contribution in [0.25, 0.3) is 21.5 Å². The second kappa shape index (κ2) is 18.8. The molecule has 18 heteroatoms. The lowest BCUT2D eigenvalue weighted by Gasteiger charge is -2.14. The molecule has 2 aromatic heterocycles. The van der Waals surface area contributed by atoms with Crippen LogP contribution in [0.15, 0.2) is 118 Å². The molecular formula is C52H50N16O2. The standard InChI is InChI=1S/C52H50N16O2/c1-25-17-33-21-29(5)45(53)47(43(33)41(69)19-25)67-65-37-15-13-35(23-27(37)3)59-49-55-31(7)57-51(63-49)61-39-11-9-10-12-40(39)62-52-58-32(8)56-50(64-52)60-36-14-16-38(28(4)24-36)66-68-48-44-34(22-30(6)46(48)54)18-26(2)20-42(44)70/h9-24,69-70H,53-54H2,1-8H3,(H2,55,57,59,61,63)(H2,56,58,60,62,64). The number of phenols is 2. The number of nitrogens with one attached hydrogen (secondary N) is 4. The number of aromatic hydroxyl groups is 2. The first-order chi connectivity index (χ1) is 33.5. The van der Waals surface area contributed by atoms with Crippen molar-refractivity contribution in [3.8, 4) is 11.5 Å². The quantitative estimate of drug-likeness (QED) is 0.0418. The van der Waals surface area contributed by atoms with Gasteiger partial charge in [0.2, 0.25) is 23.8 Å². The van der Waals surface area contributed by atoms with Gasteiger partial charge in [0.25, 0.3) is 0 Å². The topological polar surface area (TPSA) is 267 Å². The van der Waals surface area contributed by atoms with Crippen LogP contribution in [0.4, 0.5) is 80.7 Å². The van der Waals surface area contributed by atoms with Gasteiger partial charge in [-0.1, -0.05) is 24.3 Å². The number of aromatic nitrogens is 6. The molecule has 0 radical (unpaired) electrons. The van der Waals surface area contributed by atoms with Crippen molar-refractivity contribution in [3.63, 3.8) is 0 Å². The molecule has 70 heavy (non-hydrogen) atoms. The number of rotatable bonds is 12. The van der Waals surface area contributed by atoms with E-state index in [-0.39, 0.29) is 11.5 Å². The van der Waals surface area contributed by atoms with Crippen molar-refractivity contribution in [2.24, 2.45) is 20.5 Å². The number of nitrogens with zero attached hydrogens (tertiary/aromatic N) is 10. The maximum atomic E-state index is 10.8. The van der Waals surface area contributed by atoms with Crippen LogP contribution in [0, 0.1) is 55.4 Å². The molecule has 0 saturated heterocycles. The fraction of sp³-hybridized carbons (Fsp3) is 0.154. The van der Waals surface area contributed by atoms with Gasteiger partial charge in [-0.15, -0.1) is 10.2 Å². The third-order valence-electron chi connectivity index (χ3n) is 11.5. The van der Waals surface area contributed by atoms with Gasteiger partial charge in [-0.3, -0.25) is 0 Å². The number of nitrogens with two attached hydrogens (primary N) is 2. The van der Waals surface area contributed by atoms with Gasteiger partial charge in [0, 0.05) is 11.4 Å². The summed E-state index contributed by atoms with van der Waals surface area (Å²) in [5.41, 5.74) is 23.9. The highest BCUT2D eigenvalue weighted by molar-refractivity contribution is 6.04. The number of anilines is 10. The van der Waals surface area contributed by atoms with Crippen LogP contribution >= 0.6 is 0 Å². The molecular weight excluding hydrogens is 881 g/mol. The largest absolute Gasteiger partial charge is 0.507 e. The van der Waals surface area contributed by atoms with Crippen molar-refractivity contribution in [1.82, 2.24) is 29.9 Å². The van der Waals surface area contributed by atoms with Gasteiger partial charge < -0.3 is 42.9 Å². The lowest BCUT2D eigenvalue weighted by Crippen LogP contribution is -2.08.